The molecule has 0 saturated carbocycles. The molecule has 144 valence electrons. The Labute approximate surface area is 171 Å². The van der Waals surface area contributed by atoms with Gasteiger partial charge in [-0.25, -0.2) is 4.98 Å². The Balaban J connectivity index is 1.45. The van der Waals surface area contributed by atoms with Crippen LogP contribution >= 0.6 is 11.3 Å². The smallest absolute Gasteiger partial charge is 0.290 e. The van der Waals surface area contributed by atoms with E-state index in [2.05, 4.69) is 29.4 Å². The van der Waals surface area contributed by atoms with Gasteiger partial charge in [-0.15, -0.1) is 11.3 Å². The van der Waals surface area contributed by atoms with E-state index in [1.54, 1.807) is 40.4 Å². The van der Waals surface area contributed by atoms with Gasteiger partial charge in [0.1, 0.15) is 10.6 Å². The molecule has 0 spiro atoms. The molecule has 2 aromatic carbocycles. The second-order valence-electron chi connectivity index (χ2n) is 6.74. The van der Waals surface area contributed by atoms with Gasteiger partial charge in [0.2, 0.25) is 6.54 Å². The molecule has 2 aromatic heterocycles. The Morgan fingerprint density at radius 3 is 2.69 bits per heavy atom. The van der Waals surface area contributed by atoms with Gasteiger partial charge < -0.3 is 11.1 Å². The van der Waals surface area contributed by atoms with Crippen molar-refractivity contribution >= 4 is 39.1 Å². The van der Waals surface area contributed by atoms with Crippen molar-refractivity contribution in [2.45, 2.75) is 13.5 Å². The first-order valence-electron chi connectivity index (χ1n) is 9.04. The summed E-state index contributed by atoms with van der Waals surface area (Å²) in [5.74, 6) is -0.722. The van der Waals surface area contributed by atoms with Crippen LogP contribution in [0.1, 0.15) is 15.9 Å². The highest BCUT2D eigenvalue weighted by Crippen LogP contribution is 2.31. The predicted octanol–water partition coefficient (Wildman–Crippen LogP) is 3.30. The number of carbonyl (C=O) groups is 2. The monoisotopic (exact) mass is 403 g/mol. The van der Waals surface area contributed by atoms with Gasteiger partial charge in [-0.1, -0.05) is 6.07 Å². The van der Waals surface area contributed by atoms with Crippen LogP contribution in [0.5, 0.6) is 0 Å². The fourth-order valence-electron chi connectivity index (χ4n) is 2.98. The standard InChI is InChI=1S/C22H18N4O2S/c1-14-4-9-18-19(11-14)29-22(25-18)15-5-7-17(8-6-15)24-20(27)13-26-10-2-3-16(12-26)21(23)28/h2-12H,13H2,1H3,(H2-,23,24,25,27,28)/p+1. The largest absolute Gasteiger partial charge is 0.365 e. The van der Waals surface area contributed by atoms with E-state index < -0.39 is 5.91 Å². The van der Waals surface area contributed by atoms with Gasteiger partial charge in [-0.3, -0.25) is 9.59 Å². The van der Waals surface area contributed by atoms with Gasteiger partial charge in [0.15, 0.2) is 12.4 Å². The summed E-state index contributed by atoms with van der Waals surface area (Å²) in [7, 11) is 0. The number of pyridine rings is 1. The molecule has 0 saturated heterocycles. The quantitative estimate of drug-likeness (QED) is 0.501. The molecule has 0 aliphatic rings. The van der Waals surface area contributed by atoms with Crippen LogP contribution in [0.25, 0.3) is 20.8 Å². The van der Waals surface area contributed by atoms with Crippen LogP contribution in [0.2, 0.25) is 0 Å². The highest BCUT2D eigenvalue weighted by molar-refractivity contribution is 7.21. The molecule has 0 bridgehead atoms. The zero-order chi connectivity index (χ0) is 20.4. The van der Waals surface area contributed by atoms with Gasteiger partial charge in [0.05, 0.1) is 10.2 Å². The Morgan fingerprint density at radius 2 is 1.93 bits per heavy atom. The molecule has 0 aliphatic heterocycles. The zero-order valence-corrected chi connectivity index (χ0v) is 16.6. The number of hydrogen-bond acceptors (Lipinski definition) is 4. The van der Waals surface area contributed by atoms with Crippen molar-refractivity contribution in [3.05, 3.63) is 78.1 Å². The topological polar surface area (TPSA) is 89.0 Å². The number of nitrogens with one attached hydrogen (secondary N) is 1. The van der Waals surface area contributed by atoms with E-state index in [9.17, 15) is 9.59 Å². The van der Waals surface area contributed by atoms with Gasteiger partial charge in [0.25, 0.3) is 11.8 Å². The maximum Gasteiger partial charge on any atom is 0.290 e. The number of rotatable bonds is 5. The number of aromatic nitrogens is 2. The average Bonchev–Trinajstić information content (AvgIpc) is 3.11. The van der Waals surface area contributed by atoms with E-state index in [-0.39, 0.29) is 12.5 Å². The molecule has 0 atom stereocenters. The first kappa shape index (κ1) is 18.8. The average molecular weight is 403 g/mol. The van der Waals surface area contributed by atoms with Crippen molar-refractivity contribution in [1.82, 2.24) is 4.98 Å². The maximum atomic E-state index is 12.3. The minimum atomic E-state index is -0.527. The Morgan fingerprint density at radius 1 is 1.14 bits per heavy atom. The molecule has 2 heterocycles. The van der Waals surface area contributed by atoms with Gasteiger partial charge in [-0.05, 0) is 55.0 Å². The van der Waals surface area contributed by atoms with Crippen molar-refractivity contribution < 1.29 is 14.2 Å². The molecule has 4 rings (SSSR count). The number of nitrogens with zero attached hydrogens (tertiary/aromatic N) is 2. The number of fused-ring (bicyclic) bond motifs is 1. The molecule has 2 amide bonds. The summed E-state index contributed by atoms with van der Waals surface area (Å²) in [5.41, 5.74) is 9.53. The number of nitrogens with two attached hydrogens (primary N) is 1. The third-order valence-corrected chi connectivity index (χ3v) is 5.50. The van der Waals surface area contributed by atoms with Gasteiger partial charge in [-0.2, -0.15) is 4.57 Å². The second-order valence-corrected chi connectivity index (χ2v) is 7.78. The predicted molar refractivity (Wildman–Crippen MR) is 114 cm³/mol. The van der Waals surface area contributed by atoms with E-state index in [1.807, 2.05) is 30.3 Å². The summed E-state index contributed by atoms with van der Waals surface area (Å²) in [6.07, 6.45) is 3.27. The summed E-state index contributed by atoms with van der Waals surface area (Å²) in [6, 6.07) is 17.1. The minimum absolute atomic E-state index is 0.0834. The number of aryl methyl sites for hydroxylation is 1. The third kappa shape index (κ3) is 4.30. The fourth-order valence-corrected chi connectivity index (χ4v) is 4.05. The first-order valence-corrected chi connectivity index (χ1v) is 9.86. The molecule has 4 aromatic rings. The molecular weight excluding hydrogens is 384 g/mol. The summed E-state index contributed by atoms with van der Waals surface area (Å²) < 4.78 is 2.78. The summed E-state index contributed by atoms with van der Waals surface area (Å²) >= 11 is 1.65. The number of benzene rings is 2. The van der Waals surface area contributed by atoms with Gasteiger partial charge in [0, 0.05) is 17.3 Å². The van der Waals surface area contributed by atoms with E-state index >= 15 is 0 Å². The molecule has 0 fully saturated rings. The van der Waals surface area contributed by atoms with E-state index in [4.69, 9.17) is 5.73 Å². The first-order chi connectivity index (χ1) is 14.0. The van der Waals surface area contributed by atoms with Crippen LogP contribution in [0.3, 0.4) is 0 Å². The molecule has 0 unspecified atom stereocenters. The Kier molecular flexibility index (Phi) is 5.05. The molecule has 6 nitrogen and oxygen atoms in total. The number of amides is 2. The van der Waals surface area contributed by atoms with E-state index in [1.165, 1.54) is 5.56 Å². The van der Waals surface area contributed by atoms with Crippen molar-refractivity contribution in [3.63, 3.8) is 0 Å². The van der Waals surface area contributed by atoms with Crippen molar-refractivity contribution in [2.24, 2.45) is 5.73 Å². The lowest BCUT2D eigenvalue weighted by Gasteiger charge is -2.04. The van der Waals surface area contributed by atoms with Crippen LogP contribution in [0.15, 0.2) is 67.0 Å². The number of hydrogen-bond donors (Lipinski definition) is 2. The summed E-state index contributed by atoms with van der Waals surface area (Å²) in [5, 5.41) is 3.81. The van der Waals surface area contributed by atoms with E-state index in [0.29, 0.717) is 11.3 Å². The molecule has 0 aliphatic carbocycles. The lowest BCUT2D eigenvalue weighted by Crippen LogP contribution is -2.40. The van der Waals surface area contributed by atoms with Crippen molar-refractivity contribution in [2.75, 3.05) is 5.32 Å². The Hall–Kier alpha value is -3.58. The number of thiazole rings is 1. The summed E-state index contributed by atoms with van der Waals surface area (Å²) in [6.45, 7) is 2.15. The third-order valence-electron chi connectivity index (χ3n) is 4.43. The van der Waals surface area contributed by atoms with E-state index in [0.717, 1.165) is 20.8 Å². The number of anilines is 1. The highest BCUT2D eigenvalue weighted by Gasteiger charge is 2.13. The second kappa shape index (κ2) is 7.81. The lowest BCUT2D eigenvalue weighted by atomic mass is 10.2. The van der Waals surface area contributed by atoms with Gasteiger partial charge >= 0.3 is 0 Å². The van der Waals surface area contributed by atoms with Crippen molar-refractivity contribution in [3.8, 4) is 10.6 Å². The van der Waals surface area contributed by atoms with Crippen LogP contribution in [-0.4, -0.2) is 16.8 Å². The Bertz CT molecular complexity index is 1220. The summed E-state index contributed by atoms with van der Waals surface area (Å²) in [4.78, 5) is 28.2. The lowest BCUT2D eigenvalue weighted by molar-refractivity contribution is -0.684. The highest BCUT2D eigenvalue weighted by atomic mass is 32.1. The fraction of sp³-hybridized carbons (Fsp3) is 0.0909. The van der Waals surface area contributed by atoms with Crippen molar-refractivity contribution in [1.29, 1.82) is 0 Å². The molecule has 0 radical (unpaired) electrons. The maximum absolute atomic E-state index is 12.3. The number of carbonyl (C=O) groups excluding carboxylic acids is 2. The SMILES string of the molecule is Cc1ccc2nc(-c3ccc(NC(=O)C[n+]4cccc(C(N)=O)c4)cc3)sc2c1. The zero-order valence-electron chi connectivity index (χ0n) is 15.8. The van der Waals surface area contributed by atoms with Crippen LogP contribution in [0, 0.1) is 6.92 Å². The molecule has 29 heavy (non-hydrogen) atoms. The normalized spacial score (nSPS) is 10.8. The van der Waals surface area contributed by atoms with Crippen LogP contribution < -0.4 is 15.6 Å². The molecular formula is C22H19N4O2S+. The molecule has 7 heteroatoms. The minimum Gasteiger partial charge on any atom is -0.365 e. The van der Waals surface area contributed by atoms with Crippen LogP contribution in [-0.2, 0) is 11.3 Å². The van der Waals surface area contributed by atoms with Crippen LogP contribution in [0.4, 0.5) is 5.69 Å². The molecule has 3 N–H and O–H groups in total. The number of primary amides is 1.